The highest BCUT2D eigenvalue weighted by atomic mass is 16.5. The molecule has 0 spiro atoms. The van der Waals surface area contributed by atoms with Crippen molar-refractivity contribution in [3.63, 3.8) is 0 Å². The first kappa shape index (κ1) is 13.5. The molecule has 17 heavy (non-hydrogen) atoms. The number of carbonyl (C=O) groups is 1. The molecule has 0 radical (unpaired) electrons. The molecular formula is C12H17NO4. The van der Waals surface area contributed by atoms with Crippen LogP contribution < -0.4 is 5.32 Å². The number of aromatic carboxylic acids is 1. The molecule has 0 unspecified atom stereocenters. The molecule has 3 N–H and O–H groups in total. The van der Waals surface area contributed by atoms with E-state index in [0.29, 0.717) is 25.4 Å². The molecule has 1 rings (SSSR count). The lowest BCUT2D eigenvalue weighted by atomic mass is 10.2. The van der Waals surface area contributed by atoms with E-state index in [2.05, 4.69) is 5.32 Å². The van der Waals surface area contributed by atoms with E-state index in [1.165, 1.54) is 0 Å². The summed E-state index contributed by atoms with van der Waals surface area (Å²) in [5.41, 5.74) is 0.880. The summed E-state index contributed by atoms with van der Waals surface area (Å²) in [5.74, 6) is -0.940. The lowest BCUT2D eigenvalue weighted by Gasteiger charge is -2.09. The van der Waals surface area contributed by atoms with Gasteiger partial charge in [-0.05, 0) is 18.6 Å². The number of para-hydroxylation sites is 1. The number of carboxylic acids is 1. The minimum Gasteiger partial charge on any atom is -0.478 e. The first-order valence-corrected chi connectivity index (χ1v) is 5.50. The minimum absolute atomic E-state index is 0.0231. The molecule has 0 aliphatic carbocycles. The van der Waals surface area contributed by atoms with Gasteiger partial charge in [-0.15, -0.1) is 0 Å². The third kappa shape index (κ3) is 4.84. The van der Waals surface area contributed by atoms with Gasteiger partial charge in [-0.2, -0.15) is 0 Å². The molecule has 1 aromatic rings. The van der Waals surface area contributed by atoms with E-state index in [9.17, 15) is 4.79 Å². The van der Waals surface area contributed by atoms with Gasteiger partial charge in [-0.1, -0.05) is 12.1 Å². The Bertz CT molecular complexity index is 354. The van der Waals surface area contributed by atoms with Gasteiger partial charge in [-0.3, -0.25) is 0 Å². The molecule has 0 amide bonds. The van der Waals surface area contributed by atoms with Crippen LogP contribution in [0.15, 0.2) is 24.3 Å². The maximum Gasteiger partial charge on any atom is 0.337 e. The maximum absolute atomic E-state index is 10.9. The molecule has 0 bridgehead atoms. The average molecular weight is 239 g/mol. The van der Waals surface area contributed by atoms with E-state index in [1.54, 1.807) is 24.3 Å². The Morgan fingerprint density at radius 2 is 2.06 bits per heavy atom. The SMILES string of the molecule is O=C(O)c1ccccc1NCCCOCCO. The molecule has 0 heterocycles. The van der Waals surface area contributed by atoms with E-state index in [4.69, 9.17) is 14.9 Å². The second-order valence-electron chi connectivity index (χ2n) is 3.47. The Balaban J connectivity index is 2.34. The fourth-order valence-corrected chi connectivity index (χ4v) is 1.39. The summed E-state index contributed by atoms with van der Waals surface area (Å²) < 4.78 is 5.09. The van der Waals surface area contributed by atoms with Crippen molar-refractivity contribution in [2.24, 2.45) is 0 Å². The molecule has 5 heteroatoms. The summed E-state index contributed by atoms with van der Waals surface area (Å²) >= 11 is 0. The van der Waals surface area contributed by atoms with Crippen molar-refractivity contribution in [2.75, 3.05) is 31.7 Å². The van der Waals surface area contributed by atoms with E-state index in [0.717, 1.165) is 6.42 Å². The van der Waals surface area contributed by atoms with Crippen molar-refractivity contribution in [3.8, 4) is 0 Å². The molecule has 0 saturated heterocycles. The fourth-order valence-electron chi connectivity index (χ4n) is 1.39. The number of aliphatic hydroxyl groups is 1. The standard InChI is InChI=1S/C12H17NO4/c14-7-9-17-8-3-6-13-11-5-2-1-4-10(11)12(15)16/h1-2,4-5,13-14H,3,6-9H2,(H,15,16). The molecule has 5 nitrogen and oxygen atoms in total. The van der Waals surface area contributed by atoms with Crippen LogP contribution in [-0.4, -0.2) is 42.5 Å². The maximum atomic E-state index is 10.9. The van der Waals surface area contributed by atoms with Gasteiger partial charge in [0, 0.05) is 18.8 Å². The third-order valence-corrected chi connectivity index (χ3v) is 2.17. The second-order valence-corrected chi connectivity index (χ2v) is 3.47. The quantitative estimate of drug-likeness (QED) is 0.594. The van der Waals surface area contributed by atoms with Crippen molar-refractivity contribution in [3.05, 3.63) is 29.8 Å². The van der Waals surface area contributed by atoms with Crippen LogP contribution in [-0.2, 0) is 4.74 Å². The Morgan fingerprint density at radius 3 is 2.76 bits per heavy atom. The fraction of sp³-hybridized carbons (Fsp3) is 0.417. The summed E-state index contributed by atoms with van der Waals surface area (Å²) in [4.78, 5) is 10.9. The lowest BCUT2D eigenvalue weighted by Crippen LogP contribution is -2.10. The Morgan fingerprint density at radius 1 is 1.29 bits per heavy atom. The van der Waals surface area contributed by atoms with Crippen LogP contribution in [0.25, 0.3) is 0 Å². The monoisotopic (exact) mass is 239 g/mol. The van der Waals surface area contributed by atoms with Crippen molar-refractivity contribution in [1.82, 2.24) is 0 Å². The third-order valence-electron chi connectivity index (χ3n) is 2.17. The zero-order chi connectivity index (χ0) is 12.5. The number of aliphatic hydroxyl groups excluding tert-OH is 1. The number of ether oxygens (including phenoxy) is 1. The summed E-state index contributed by atoms with van der Waals surface area (Å²) in [6.07, 6.45) is 0.758. The van der Waals surface area contributed by atoms with Crippen molar-refractivity contribution in [1.29, 1.82) is 0 Å². The van der Waals surface area contributed by atoms with Gasteiger partial charge in [0.05, 0.1) is 18.8 Å². The highest BCUT2D eigenvalue weighted by molar-refractivity contribution is 5.94. The summed E-state index contributed by atoms with van der Waals surface area (Å²) in [7, 11) is 0. The molecule has 1 aromatic carbocycles. The summed E-state index contributed by atoms with van der Waals surface area (Å²) in [5, 5.41) is 20.5. The van der Waals surface area contributed by atoms with Gasteiger partial charge in [0.25, 0.3) is 0 Å². The number of hydrogen-bond acceptors (Lipinski definition) is 4. The minimum atomic E-state index is -0.940. The van der Waals surface area contributed by atoms with Gasteiger partial charge in [0.1, 0.15) is 0 Å². The summed E-state index contributed by atoms with van der Waals surface area (Å²) in [6.45, 7) is 1.54. The predicted molar refractivity (Wildman–Crippen MR) is 64.4 cm³/mol. The van der Waals surface area contributed by atoms with E-state index >= 15 is 0 Å². The van der Waals surface area contributed by atoms with Crippen LogP contribution in [0, 0.1) is 0 Å². The molecule has 0 aliphatic rings. The van der Waals surface area contributed by atoms with Gasteiger partial charge in [-0.25, -0.2) is 4.79 Å². The molecular weight excluding hydrogens is 222 g/mol. The number of hydrogen-bond donors (Lipinski definition) is 3. The molecule has 0 fully saturated rings. The topological polar surface area (TPSA) is 78.8 Å². The van der Waals surface area contributed by atoms with Gasteiger partial charge in [0.2, 0.25) is 0 Å². The van der Waals surface area contributed by atoms with Gasteiger partial charge >= 0.3 is 5.97 Å². The predicted octanol–water partition coefficient (Wildman–Crippen LogP) is 1.20. The average Bonchev–Trinajstić information content (AvgIpc) is 2.34. The van der Waals surface area contributed by atoms with Crippen LogP contribution in [0.4, 0.5) is 5.69 Å². The molecule has 0 aliphatic heterocycles. The van der Waals surface area contributed by atoms with Gasteiger partial charge in [0.15, 0.2) is 0 Å². The lowest BCUT2D eigenvalue weighted by molar-refractivity contribution is 0.0698. The van der Waals surface area contributed by atoms with Crippen molar-refractivity contribution in [2.45, 2.75) is 6.42 Å². The number of carboxylic acid groups (broad SMARTS) is 1. The largest absolute Gasteiger partial charge is 0.478 e. The second kappa shape index (κ2) is 7.65. The number of nitrogens with one attached hydrogen (secondary N) is 1. The summed E-state index contributed by atoms with van der Waals surface area (Å²) in [6, 6.07) is 6.78. The normalized spacial score (nSPS) is 10.2. The van der Waals surface area contributed by atoms with Crippen LogP contribution in [0.5, 0.6) is 0 Å². The van der Waals surface area contributed by atoms with E-state index in [-0.39, 0.29) is 12.2 Å². The van der Waals surface area contributed by atoms with Crippen LogP contribution in [0.3, 0.4) is 0 Å². The van der Waals surface area contributed by atoms with Crippen LogP contribution in [0.1, 0.15) is 16.8 Å². The molecule has 0 atom stereocenters. The number of rotatable bonds is 8. The Kier molecular flexibility index (Phi) is 6.06. The Labute approximate surface area is 100 Å². The zero-order valence-corrected chi connectivity index (χ0v) is 9.56. The van der Waals surface area contributed by atoms with E-state index in [1.807, 2.05) is 0 Å². The highest BCUT2D eigenvalue weighted by Crippen LogP contribution is 2.14. The number of anilines is 1. The van der Waals surface area contributed by atoms with Crippen molar-refractivity contribution >= 4 is 11.7 Å². The van der Waals surface area contributed by atoms with Crippen LogP contribution in [0.2, 0.25) is 0 Å². The van der Waals surface area contributed by atoms with Crippen LogP contribution >= 0.6 is 0 Å². The van der Waals surface area contributed by atoms with Crippen molar-refractivity contribution < 1.29 is 19.7 Å². The first-order chi connectivity index (χ1) is 8.25. The smallest absolute Gasteiger partial charge is 0.337 e. The van der Waals surface area contributed by atoms with Gasteiger partial charge < -0.3 is 20.3 Å². The molecule has 0 aromatic heterocycles. The highest BCUT2D eigenvalue weighted by Gasteiger charge is 2.07. The molecule has 94 valence electrons. The zero-order valence-electron chi connectivity index (χ0n) is 9.56. The number of benzene rings is 1. The molecule has 0 saturated carbocycles. The van der Waals surface area contributed by atoms with E-state index < -0.39 is 5.97 Å². The Hall–Kier alpha value is -1.59. The first-order valence-electron chi connectivity index (χ1n) is 5.50.